The number of piperidine rings is 1. The van der Waals surface area contributed by atoms with Crippen LogP contribution >= 0.6 is 0 Å². The summed E-state index contributed by atoms with van der Waals surface area (Å²) in [6.45, 7) is 10.7. The molecule has 2 unspecified atom stereocenters. The van der Waals surface area contributed by atoms with Crippen LogP contribution in [0.15, 0.2) is 29.4 Å². The first-order chi connectivity index (χ1) is 12.2. The Hall–Kier alpha value is -2.11. The summed E-state index contributed by atoms with van der Waals surface area (Å²) in [5.74, 6) is 3.54. The Bertz CT molecular complexity index is 697. The van der Waals surface area contributed by atoms with Gasteiger partial charge >= 0.3 is 0 Å². The molecule has 0 spiro atoms. The first-order valence-electron chi connectivity index (χ1n) is 9.49. The maximum Gasteiger partial charge on any atom is 0.193 e. The number of hydrogen-bond acceptors (Lipinski definition) is 3. The van der Waals surface area contributed by atoms with Gasteiger partial charge in [-0.15, -0.1) is 10.2 Å². The van der Waals surface area contributed by atoms with Gasteiger partial charge in [-0.05, 0) is 43.7 Å². The van der Waals surface area contributed by atoms with E-state index in [9.17, 15) is 0 Å². The Kier molecular flexibility index (Phi) is 5.89. The number of fused-ring (bicyclic) bond motifs is 1. The molecule has 0 saturated carbocycles. The van der Waals surface area contributed by atoms with Crippen molar-refractivity contribution in [2.24, 2.45) is 16.8 Å². The Morgan fingerprint density at radius 3 is 2.80 bits per heavy atom. The van der Waals surface area contributed by atoms with E-state index in [2.05, 4.69) is 45.6 Å². The molecule has 1 saturated heterocycles. The Labute approximate surface area is 150 Å². The summed E-state index contributed by atoms with van der Waals surface area (Å²) in [6, 6.07) is 5.98. The van der Waals surface area contributed by atoms with Gasteiger partial charge in [0.15, 0.2) is 11.6 Å². The predicted octanol–water partition coefficient (Wildman–Crippen LogP) is 2.61. The van der Waals surface area contributed by atoms with Crippen LogP contribution in [0.1, 0.15) is 39.4 Å². The third kappa shape index (κ3) is 4.50. The molecule has 1 aliphatic heterocycles. The van der Waals surface area contributed by atoms with Crippen molar-refractivity contribution in [3.63, 3.8) is 0 Å². The van der Waals surface area contributed by atoms with E-state index in [0.29, 0.717) is 0 Å². The molecule has 6 nitrogen and oxygen atoms in total. The molecule has 136 valence electrons. The fourth-order valence-corrected chi connectivity index (χ4v) is 3.75. The number of aryl methyl sites for hydroxylation is 1. The fourth-order valence-electron chi connectivity index (χ4n) is 3.75. The number of nitrogens with one attached hydrogen (secondary N) is 1. The SMILES string of the molecule is CCNC(=NCCCc1nnc2ccccn12)N1CC(C)CC(C)C1. The van der Waals surface area contributed by atoms with Crippen molar-refractivity contribution in [2.45, 2.75) is 40.0 Å². The summed E-state index contributed by atoms with van der Waals surface area (Å²) in [5.41, 5.74) is 0.908. The highest BCUT2D eigenvalue weighted by Crippen LogP contribution is 2.20. The summed E-state index contributed by atoms with van der Waals surface area (Å²) in [5, 5.41) is 12.0. The maximum absolute atomic E-state index is 4.86. The van der Waals surface area contributed by atoms with Gasteiger partial charge in [0.2, 0.25) is 0 Å². The van der Waals surface area contributed by atoms with E-state index in [0.717, 1.165) is 68.3 Å². The summed E-state index contributed by atoms with van der Waals surface area (Å²) in [7, 11) is 0. The zero-order chi connectivity index (χ0) is 17.6. The summed E-state index contributed by atoms with van der Waals surface area (Å²) in [6.07, 6.45) is 5.20. The Morgan fingerprint density at radius 1 is 1.24 bits per heavy atom. The molecule has 0 radical (unpaired) electrons. The van der Waals surface area contributed by atoms with Crippen LogP contribution in [-0.4, -0.2) is 51.6 Å². The van der Waals surface area contributed by atoms with Crippen molar-refractivity contribution in [2.75, 3.05) is 26.2 Å². The molecular weight excluding hydrogens is 312 g/mol. The van der Waals surface area contributed by atoms with E-state index in [-0.39, 0.29) is 0 Å². The number of aliphatic imine (C=N–C) groups is 1. The molecule has 3 rings (SSSR count). The number of likely N-dealkylation sites (tertiary alicyclic amines) is 1. The monoisotopic (exact) mass is 342 g/mol. The van der Waals surface area contributed by atoms with Gasteiger partial charge in [-0.1, -0.05) is 19.9 Å². The summed E-state index contributed by atoms with van der Waals surface area (Å²) >= 11 is 0. The van der Waals surface area contributed by atoms with Crippen LogP contribution in [0.5, 0.6) is 0 Å². The Balaban J connectivity index is 1.58. The van der Waals surface area contributed by atoms with Crippen molar-refractivity contribution in [1.82, 2.24) is 24.8 Å². The first kappa shape index (κ1) is 17.7. The minimum absolute atomic E-state index is 0.731. The van der Waals surface area contributed by atoms with Gasteiger partial charge in [-0.25, -0.2) is 0 Å². The molecule has 6 heteroatoms. The second kappa shape index (κ2) is 8.32. The van der Waals surface area contributed by atoms with Gasteiger partial charge in [0.05, 0.1) is 0 Å². The third-order valence-corrected chi connectivity index (χ3v) is 4.71. The molecule has 0 aromatic carbocycles. The summed E-state index contributed by atoms with van der Waals surface area (Å²) in [4.78, 5) is 7.28. The lowest BCUT2D eigenvalue weighted by Crippen LogP contribution is -2.48. The molecule has 2 aromatic rings. The van der Waals surface area contributed by atoms with Crippen LogP contribution in [0, 0.1) is 11.8 Å². The molecule has 1 aliphatic rings. The molecule has 2 atom stereocenters. The van der Waals surface area contributed by atoms with Crippen LogP contribution in [0.2, 0.25) is 0 Å². The molecule has 0 aliphatic carbocycles. The average molecular weight is 342 g/mol. The van der Waals surface area contributed by atoms with Crippen LogP contribution in [-0.2, 0) is 6.42 Å². The van der Waals surface area contributed by atoms with E-state index in [1.165, 1.54) is 6.42 Å². The van der Waals surface area contributed by atoms with Crippen molar-refractivity contribution < 1.29 is 0 Å². The largest absolute Gasteiger partial charge is 0.357 e. The quantitative estimate of drug-likeness (QED) is 0.515. The standard InChI is InChI=1S/C19H30N6/c1-4-20-19(24-13-15(2)12-16(3)14-24)21-10-7-9-18-23-22-17-8-5-6-11-25(17)18/h5-6,8,11,15-16H,4,7,9-10,12-14H2,1-3H3,(H,20,21). The highest BCUT2D eigenvalue weighted by molar-refractivity contribution is 5.80. The number of aromatic nitrogens is 3. The molecular formula is C19H30N6. The highest BCUT2D eigenvalue weighted by Gasteiger charge is 2.23. The van der Waals surface area contributed by atoms with Crippen molar-refractivity contribution in [3.8, 4) is 0 Å². The smallest absolute Gasteiger partial charge is 0.193 e. The lowest BCUT2D eigenvalue weighted by atomic mass is 9.92. The number of guanidine groups is 1. The lowest BCUT2D eigenvalue weighted by Gasteiger charge is -2.37. The molecule has 1 fully saturated rings. The van der Waals surface area contributed by atoms with E-state index in [1.807, 2.05) is 24.4 Å². The van der Waals surface area contributed by atoms with Crippen LogP contribution in [0.4, 0.5) is 0 Å². The molecule has 2 aromatic heterocycles. The van der Waals surface area contributed by atoms with Crippen LogP contribution in [0.25, 0.3) is 5.65 Å². The van der Waals surface area contributed by atoms with Gasteiger partial charge in [-0.2, -0.15) is 0 Å². The first-order valence-corrected chi connectivity index (χ1v) is 9.49. The van der Waals surface area contributed by atoms with Gasteiger partial charge < -0.3 is 10.2 Å². The third-order valence-electron chi connectivity index (χ3n) is 4.71. The molecule has 1 N–H and O–H groups in total. The number of rotatable bonds is 5. The number of hydrogen-bond donors (Lipinski definition) is 1. The average Bonchev–Trinajstić information content (AvgIpc) is 3.00. The van der Waals surface area contributed by atoms with Crippen molar-refractivity contribution >= 4 is 11.6 Å². The van der Waals surface area contributed by atoms with Crippen molar-refractivity contribution in [1.29, 1.82) is 0 Å². The molecule has 3 heterocycles. The van der Waals surface area contributed by atoms with E-state index in [1.54, 1.807) is 0 Å². The fraction of sp³-hybridized carbons (Fsp3) is 0.632. The van der Waals surface area contributed by atoms with E-state index in [4.69, 9.17) is 4.99 Å². The van der Waals surface area contributed by atoms with Gasteiger partial charge in [-0.3, -0.25) is 9.39 Å². The normalized spacial score (nSPS) is 21.7. The molecule has 0 bridgehead atoms. The molecule has 25 heavy (non-hydrogen) atoms. The van der Waals surface area contributed by atoms with E-state index >= 15 is 0 Å². The minimum Gasteiger partial charge on any atom is -0.357 e. The topological polar surface area (TPSA) is 57.8 Å². The van der Waals surface area contributed by atoms with E-state index < -0.39 is 0 Å². The Morgan fingerprint density at radius 2 is 2.04 bits per heavy atom. The minimum atomic E-state index is 0.731. The lowest BCUT2D eigenvalue weighted by molar-refractivity contribution is 0.208. The second-order valence-corrected chi connectivity index (χ2v) is 7.24. The number of nitrogens with zero attached hydrogens (tertiary/aromatic N) is 5. The number of pyridine rings is 1. The predicted molar refractivity (Wildman–Crippen MR) is 102 cm³/mol. The van der Waals surface area contributed by atoms with Crippen molar-refractivity contribution in [3.05, 3.63) is 30.2 Å². The second-order valence-electron chi connectivity index (χ2n) is 7.24. The van der Waals surface area contributed by atoms with Gasteiger partial charge in [0.25, 0.3) is 0 Å². The van der Waals surface area contributed by atoms with Crippen LogP contribution in [0.3, 0.4) is 0 Å². The van der Waals surface area contributed by atoms with Crippen LogP contribution < -0.4 is 5.32 Å². The molecule has 0 amide bonds. The maximum atomic E-state index is 4.86. The zero-order valence-electron chi connectivity index (χ0n) is 15.6. The summed E-state index contributed by atoms with van der Waals surface area (Å²) < 4.78 is 2.06. The van der Waals surface area contributed by atoms with Gasteiger partial charge in [0, 0.05) is 38.8 Å². The zero-order valence-corrected chi connectivity index (χ0v) is 15.6. The van der Waals surface area contributed by atoms with Gasteiger partial charge in [0.1, 0.15) is 5.82 Å². The highest BCUT2D eigenvalue weighted by atomic mass is 15.3.